The highest BCUT2D eigenvalue weighted by Crippen LogP contribution is 2.32. The van der Waals surface area contributed by atoms with Crippen molar-refractivity contribution in [1.82, 2.24) is 19.6 Å². The molecule has 0 saturated carbocycles. The Morgan fingerprint density at radius 1 is 1.10 bits per heavy atom. The van der Waals surface area contributed by atoms with Crippen LogP contribution >= 0.6 is 11.8 Å². The molecule has 0 bridgehead atoms. The van der Waals surface area contributed by atoms with Gasteiger partial charge in [0.25, 0.3) is 5.78 Å². The molecule has 0 radical (unpaired) electrons. The van der Waals surface area contributed by atoms with Gasteiger partial charge in [0, 0.05) is 18.4 Å². The molecule has 0 N–H and O–H groups in total. The highest BCUT2D eigenvalue weighted by atomic mass is 32.2. The number of hydrogen-bond donors (Lipinski definition) is 0. The molecule has 2 heterocycles. The average Bonchev–Trinajstić information content (AvgIpc) is 3.14. The van der Waals surface area contributed by atoms with Crippen molar-refractivity contribution < 1.29 is 9.18 Å². The number of aryl methyl sites for hydroxylation is 1. The molecule has 4 aromatic rings. The van der Waals surface area contributed by atoms with Crippen molar-refractivity contribution in [3.63, 3.8) is 0 Å². The van der Waals surface area contributed by atoms with Crippen LogP contribution in [0, 0.1) is 12.7 Å². The van der Waals surface area contributed by atoms with Crippen LogP contribution in [0.2, 0.25) is 0 Å². The van der Waals surface area contributed by atoms with Gasteiger partial charge >= 0.3 is 0 Å². The Morgan fingerprint density at radius 3 is 2.70 bits per heavy atom. The molecule has 30 heavy (non-hydrogen) atoms. The summed E-state index contributed by atoms with van der Waals surface area (Å²) in [4.78, 5) is 21.9. The molecule has 150 valence electrons. The standard InChI is InChI=1S/C23H19FN4OS/c1-14-4-2-3-5-16(14)13-30-23-26-22-25-20-10-17(15-6-8-18(24)9-7-15)11-21(29)19(20)12-28(22)27-23/h2-9,12,17H,10-11,13H2,1H3. The van der Waals surface area contributed by atoms with Gasteiger partial charge in [0.05, 0.1) is 11.3 Å². The zero-order chi connectivity index (χ0) is 20.7. The summed E-state index contributed by atoms with van der Waals surface area (Å²) in [5.41, 5.74) is 4.76. The normalized spacial score (nSPS) is 16.1. The minimum absolute atomic E-state index is 0.00151. The van der Waals surface area contributed by atoms with Crippen LogP contribution in [0.5, 0.6) is 0 Å². The van der Waals surface area contributed by atoms with E-state index >= 15 is 0 Å². The lowest BCUT2D eigenvalue weighted by molar-refractivity contribution is 0.0962. The number of hydrogen-bond acceptors (Lipinski definition) is 5. The Balaban J connectivity index is 1.41. The van der Waals surface area contributed by atoms with Gasteiger partial charge in [0.2, 0.25) is 5.16 Å². The minimum atomic E-state index is -0.277. The fourth-order valence-corrected chi connectivity index (χ4v) is 4.71. The van der Waals surface area contributed by atoms with Crippen LogP contribution in [-0.4, -0.2) is 25.4 Å². The third-order valence-electron chi connectivity index (χ3n) is 5.52. The van der Waals surface area contributed by atoms with E-state index in [1.807, 2.05) is 12.1 Å². The van der Waals surface area contributed by atoms with E-state index in [9.17, 15) is 9.18 Å². The summed E-state index contributed by atoms with van der Waals surface area (Å²) in [6.07, 6.45) is 2.75. The summed E-state index contributed by atoms with van der Waals surface area (Å²) in [6.45, 7) is 2.09. The van der Waals surface area contributed by atoms with Crippen molar-refractivity contribution in [1.29, 1.82) is 0 Å². The van der Waals surface area contributed by atoms with Gasteiger partial charge in [-0.25, -0.2) is 13.9 Å². The van der Waals surface area contributed by atoms with Crippen LogP contribution in [0.3, 0.4) is 0 Å². The number of aromatic nitrogens is 4. The number of halogens is 1. The summed E-state index contributed by atoms with van der Waals surface area (Å²) in [7, 11) is 0. The molecule has 7 heteroatoms. The van der Waals surface area contributed by atoms with Gasteiger partial charge in [-0.1, -0.05) is 48.2 Å². The molecule has 5 rings (SSSR count). The molecule has 0 aliphatic heterocycles. The zero-order valence-corrected chi connectivity index (χ0v) is 17.2. The first-order valence-electron chi connectivity index (χ1n) is 9.79. The Labute approximate surface area is 177 Å². The quantitative estimate of drug-likeness (QED) is 0.447. The second kappa shape index (κ2) is 7.65. The van der Waals surface area contributed by atoms with Gasteiger partial charge in [-0.05, 0) is 48.1 Å². The van der Waals surface area contributed by atoms with Gasteiger partial charge in [0.15, 0.2) is 5.78 Å². The van der Waals surface area contributed by atoms with Crippen molar-refractivity contribution in [3.05, 3.63) is 88.5 Å². The average molecular weight is 418 g/mol. The summed E-state index contributed by atoms with van der Waals surface area (Å²) in [6, 6.07) is 14.6. The summed E-state index contributed by atoms with van der Waals surface area (Å²) in [5.74, 6) is 1.02. The SMILES string of the molecule is Cc1ccccc1CSc1nc2nc3c(cn2n1)C(=O)CC(c1ccc(F)cc1)C3. The van der Waals surface area contributed by atoms with Gasteiger partial charge < -0.3 is 0 Å². The Kier molecular flexibility index (Phi) is 4.83. The third kappa shape index (κ3) is 3.61. The molecule has 0 saturated heterocycles. The van der Waals surface area contributed by atoms with Crippen molar-refractivity contribution in [2.45, 2.75) is 36.6 Å². The molecule has 0 spiro atoms. The van der Waals surface area contributed by atoms with Crippen LogP contribution < -0.4 is 0 Å². The Hall–Kier alpha value is -3.06. The number of benzene rings is 2. The second-order valence-electron chi connectivity index (χ2n) is 7.54. The molecule has 0 amide bonds. The number of rotatable bonds is 4. The van der Waals surface area contributed by atoms with Crippen LogP contribution in [0.15, 0.2) is 59.9 Å². The van der Waals surface area contributed by atoms with Crippen LogP contribution in [0.1, 0.15) is 45.1 Å². The van der Waals surface area contributed by atoms with E-state index in [-0.39, 0.29) is 17.5 Å². The van der Waals surface area contributed by atoms with Crippen molar-refractivity contribution in [2.24, 2.45) is 0 Å². The fraction of sp³-hybridized carbons (Fsp3) is 0.217. The number of thioether (sulfide) groups is 1. The summed E-state index contributed by atoms with van der Waals surface area (Å²) in [5, 5.41) is 5.13. The molecule has 5 nitrogen and oxygen atoms in total. The Morgan fingerprint density at radius 2 is 1.90 bits per heavy atom. The molecule has 2 aromatic heterocycles. The minimum Gasteiger partial charge on any atom is -0.294 e. The van der Waals surface area contributed by atoms with Gasteiger partial charge in [0.1, 0.15) is 5.82 Å². The molecular weight excluding hydrogens is 399 g/mol. The zero-order valence-electron chi connectivity index (χ0n) is 16.4. The van der Waals surface area contributed by atoms with Crippen molar-refractivity contribution >= 4 is 23.3 Å². The van der Waals surface area contributed by atoms with E-state index < -0.39 is 0 Å². The maximum absolute atomic E-state index is 13.2. The van der Waals surface area contributed by atoms with E-state index in [0.717, 1.165) is 17.0 Å². The van der Waals surface area contributed by atoms with Gasteiger partial charge in [-0.2, -0.15) is 4.98 Å². The number of fused-ring (bicyclic) bond motifs is 2. The van der Waals surface area contributed by atoms with E-state index in [2.05, 4.69) is 34.1 Å². The van der Waals surface area contributed by atoms with Crippen LogP contribution in [0.4, 0.5) is 4.39 Å². The summed E-state index contributed by atoms with van der Waals surface area (Å²) < 4.78 is 14.8. The first-order chi connectivity index (χ1) is 14.6. The largest absolute Gasteiger partial charge is 0.294 e. The maximum Gasteiger partial charge on any atom is 0.253 e. The molecular formula is C23H19FN4OS. The van der Waals surface area contributed by atoms with Crippen LogP contribution in [0.25, 0.3) is 5.78 Å². The highest BCUT2D eigenvalue weighted by Gasteiger charge is 2.28. The molecule has 0 fully saturated rings. The lowest BCUT2D eigenvalue weighted by atomic mass is 9.82. The van der Waals surface area contributed by atoms with Crippen molar-refractivity contribution in [3.8, 4) is 0 Å². The monoisotopic (exact) mass is 418 g/mol. The lowest BCUT2D eigenvalue weighted by Crippen LogP contribution is -2.21. The predicted molar refractivity (Wildman–Crippen MR) is 113 cm³/mol. The molecule has 1 unspecified atom stereocenters. The van der Waals surface area contributed by atoms with E-state index in [4.69, 9.17) is 0 Å². The van der Waals surface area contributed by atoms with E-state index in [0.29, 0.717) is 29.3 Å². The Bertz CT molecular complexity index is 1250. The number of carbonyl (C=O) groups is 1. The third-order valence-corrected chi connectivity index (χ3v) is 6.41. The lowest BCUT2D eigenvalue weighted by Gasteiger charge is -2.23. The van der Waals surface area contributed by atoms with Crippen molar-refractivity contribution in [2.75, 3.05) is 0 Å². The maximum atomic E-state index is 13.2. The topological polar surface area (TPSA) is 60.1 Å². The second-order valence-corrected chi connectivity index (χ2v) is 8.48. The molecule has 1 aliphatic rings. The fourth-order valence-electron chi connectivity index (χ4n) is 3.81. The van der Waals surface area contributed by atoms with Gasteiger partial charge in [-0.3, -0.25) is 4.79 Å². The first kappa shape index (κ1) is 18.9. The smallest absolute Gasteiger partial charge is 0.253 e. The number of carbonyl (C=O) groups excluding carboxylic acids is 1. The highest BCUT2D eigenvalue weighted by molar-refractivity contribution is 7.98. The van der Waals surface area contributed by atoms with Crippen LogP contribution in [-0.2, 0) is 12.2 Å². The molecule has 1 aliphatic carbocycles. The molecule has 1 atom stereocenters. The first-order valence-corrected chi connectivity index (χ1v) is 10.8. The summed E-state index contributed by atoms with van der Waals surface area (Å²) >= 11 is 1.55. The number of nitrogens with zero attached hydrogens (tertiary/aromatic N) is 4. The molecule has 2 aromatic carbocycles. The van der Waals surface area contributed by atoms with E-state index in [1.165, 1.54) is 23.3 Å². The predicted octanol–water partition coefficient (Wildman–Crippen LogP) is 4.78. The van der Waals surface area contributed by atoms with Gasteiger partial charge in [-0.15, -0.1) is 5.10 Å². The number of ketones is 1. The number of Topliss-reactive ketones (excluding diaryl/α,β-unsaturated/α-hetero) is 1. The van der Waals surface area contributed by atoms with E-state index in [1.54, 1.807) is 34.6 Å².